The fourth-order valence-corrected chi connectivity index (χ4v) is 5.05. The van der Waals surface area contributed by atoms with Crippen LogP contribution in [0, 0.1) is 5.92 Å². The van der Waals surface area contributed by atoms with Crippen LogP contribution >= 0.6 is 0 Å². The molecule has 0 spiro atoms. The van der Waals surface area contributed by atoms with Crippen LogP contribution in [0.15, 0.2) is 58.2 Å². The molecular weight excluding hydrogens is 420 g/mol. The molecule has 0 saturated carbocycles. The van der Waals surface area contributed by atoms with Gasteiger partial charge in [0.05, 0.1) is 13.0 Å². The monoisotopic (exact) mass is 444 g/mol. The molecule has 0 aliphatic carbocycles. The molecule has 1 atom stereocenters. The third kappa shape index (κ3) is 4.64. The summed E-state index contributed by atoms with van der Waals surface area (Å²) < 4.78 is 38.2. The molecule has 3 heterocycles. The number of furan rings is 1. The van der Waals surface area contributed by atoms with Gasteiger partial charge in [0.15, 0.2) is 5.76 Å². The number of benzene rings is 1. The van der Waals surface area contributed by atoms with Crippen LogP contribution in [0.2, 0.25) is 0 Å². The van der Waals surface area contributed by atoms with Gasteiger partial charge in [0.25, 0.3) is 10.0 Å². The molecule has 0 radical (unpaired) electrons. The number of rotatable bonds is 7. The van der Waals surface area contributed by atoms with Crippen molar-refractivity contribution in [3.8, 4) is 17.2 Å². The van der Waals surface area contributed by atoms with Crippen molar-refractivity contribution in [2.24, 2.45) is 5.92 Å². The van der Waals surface area contributed by atoms with Crippen molar-refractivity contribution < 1.29 is 22.4 Å². The summed E-state index contributed by atoms with van der Waals surface area (Å²) in [6.45, 7) is 0.819. The van der Waals surface area contributed by atoms with Crippen molar-refractivity contribution in [3.05, 3.63) is 54.2 Å². The molecule has 10 heteroatoms. The number of carbonyl (C=O) groups excluding carboxylic acids is 1. The third-order valence-electron chi connectivity index (χ3n) is 5.30. The highest BCUT2D eigenvalue weighted by atomic mass is 32.2. The van der Waals surface area contributed by atoms with Crippen molar-refractivity contribution in [1.29, 1.82) is 0 Å². The van der Waals surface area contributed by atoms with Crippen LogP contribution in [-0.2, 0) is 21.4 Å². The first-order valence-electron chi connectivity index (χ1n) is 9.98. The minimum Gasteiger partial charge on any atom is -0.497 e. The summed E-state index contributed by atoms with van der Waals surface area (Å²) in [4.78, 5) is 12.7. The number of H-pyrrole nitrogens is 1. The molecule has 2 aromatic heterocycles. The van der Waals surface area contributed by atoms with Gasteiger partial charge in [0, 0.05) is 25.8 Å². The SMILES string of the molecule is COc1cccc(CNC(=O)[C@H]2CCCN(S(=O)(=O)c3ccc(-c4ccn[nH]4)o3)C2)c1. The van der Waals surface area contributed by atoms with Crippen LogP contribution in [-0.4, -0.2) is 49.0 Å². The fraction of sp³-hybridized carbons (Fsp3) is 0.333. The highest BCUT2D eigenvalue weighted by molar-refractivity contribution is 7.89. The Kier molecular flexibility index (Phi) is 6.10. The summed E-state index contributed by atoms with van der Waals surface area (Å²) in [5, 5.41) is 9.34. The maximum absolute atomic E-state index is 13.0. The molecule has 1 fully saturated rings. The molecule has 1 aliphatic heterocycles. The number of sulfonamides is 1. The first-order valence-corrected chi connectivity index (χ1v) is 11.4. The molecule has 2 N–H and O–H groups in total. The van der Waals surface area contributed by atoms with Gasteiger partial charge in [-0.05, 0) is 48.7 Å². The van der Waals surface area contributed by atoms with Gasteiger partial charge in [-0.25, -0.2) is 8.42 Å². The Hall–Kier alpha value is -3.11. The van der Waals surface area contributed by atoms with Gasteiger partial charge in [-0.15, -0.1) is 0 Å². The number of hydrogen-bond donors (Lipinski definition) is 2. The average molecular weight is 445 g/mol. The number of hydrogen-bond acceptors (Lipinski definition) is 6. The maximum atomic E-state index is 13.0. The van der Waals surface area contributed by atoms with E-state index in [0.717, 1.165) is 11.3 Å². The summed E-state index contributed by atoms with van der Waals surface area (Å²) in [5.74, 6) is 0.520. The van der Waals surface area contributed by atoms with Crippen LogP contribution in [0.1, 0.15) is 18.4 Å². The Morgan fingerprint density at radius 2 is 2.19 bits per heavy atom. The summed E-state index contributed by atoms with van der Waals surface area (Å²) in [5.41, 5.74) is 1.50. The quantitative estimate of drug-likeness (QED) is 0.578. The molecule has 164 valence electrons. The second-order valence-corrected chi connectivity index (χ2v) is 9.23. The zero-order chi connectivity index (χ0) is 21.8. The molecule has 1 amide bonds. The first kappa shape index (κ1) is 21.1. The average Bonchev–Trinajstić information content (AvgIpc) is 3.50. The molecule has 1 aliphatic rings. The van der Waals surface area contributed by atoms with E-state index in [2.05, 4.69) is 15.5 Å². The Morgan fingerprint density at radius 3 is 2.97 bits per heavy atom. The van der Waals surface area contributed by atoms with Crippen LogP contribution < -0.4 is 10.1 Å². The van der Waals surface area contributed by atoms with E-state index in [1.165, 1.54) is 10.4 Å². The Morgan fingerprint density at radius 1 is 1.32 bits per heavy atom. The Balaban J connectivity index is 1.41. The fourth-order valence-electron chi connectivity index (χ4n) is 3.61. The van der Waals surface area contributed by atoms with Gasteiger partial charge in [0.2, 0.25) is 11.0 Å². The van der Waals surface area contributed by atoms with Crippen molar-refractivity contribution in [1.82, 2.24) is 19.8 Å². The number of aromatic nitrogens is 2. The van der Waals surface area contributed by atoms with Crippen LogP contribution in [0.5, 0.6) is 5.75 Å². The lowest BCUT2D eigenvalue weighted by Gasteiger charge is -2.30. The molecule has 9 nitrogen and oxygen atoms in total. The lowest BCUT2D eigenvalue weighted by molar-refractivity contribution is -0.126. The molecular formula is C21H24N4O5S. The lowest BCUT2D eigenvalue weighted by atomic mass is 9.99. The zero-order valence-corrected chi connectivity index (χ0v) is 17.9. The highest BCUT2D eigenvalue weighted by Gasteiger charge is 2.35. The standard InChI is InChI=1S/C21H24N4O5S/c1-29-17-6-2-4-15(12-17)13-22-21(26)16-5-3-11-25(14-16)31(27,28)20-8-7-19(30-20)18-9-10-23-24-18/h2,4,6-10,12,16H,3,5,11,13-14H2,1H3,(H,22,26)(H,23,24)/t16-/m0/s1. The number of methoxy groups -OCH3 is 1. The normalized spacial score (nSPS) is 17.4. The summed E-state index contributed by atoms with van der Waals surface area (Å²) >= 11 is 0. The number of carbonyl (C=O) groups is 1. The number of nitrogens with zero attached hydrogens (tertiary/aromatic N) is 2. The molecule has 0 unspecified atom stereocenters. The van der Waals surface area contributed by atoms with Crippen LogP contribution in [0.3, 0.4) is 0 Å². The first-order chi connectivity index (χ1) is 15.0. The van der Waals surface area contributed by atoms with E-state index in [0.29, 0.717) is 37.4 Å². The number of aromatic amines is 1. The van der Waals surface area contributed by atoms with Crippen LogP contribution in [0.25, 0.3) is 11.5 Å². The smallest absolute Gasteiger partial charge is 0.276 e. The summed E-state index contributed by atoms with van der Waals surface area (Å²) in [6, 6.07) is 12.2. The zero-order valence-electron chi connectivity index (χ0n) is 17.1. The van der Waals surface area contributed by atoms with Crippen molar-refractivity contribution in [2.45, 2.75) is 24.5 Å². The number of nitrogens with one attached hydrogen (secondary N) is 2. The van der Waals surface area contributed by atoms with E-state index in [1.54, 1.807) is 25.4 Å². The van der Waals surface area contributed by atoms with Crippen molar-refractivity contribution in [2.75, 3.05) is 20.2 Å². The molecule has 1 aromatic carbocycles. The highest BCUT2D eigenvalue weighted by Crippen LogP contribution is 2.28. The van der Waals surface area contributed by atoms with Gasteiger partial charge in [-0.1, -0.05) is 12.1 Å². The number of piperidine rings is 1. The van der Waals surface area contributed by atoms with Crippen molar-refractivity contribution in [3.63, 3.8) is 0 Å². The molecule has 3 aromatic rings. The maximum Gasteiger partial charge on any atom is 0.276 e. The van der Waals surface area contributed by atoms with Gasteiger partial charge in [-0.2, -0.15) is 9.40 Å². The molecule has 31 heavy (non-hydrogen) atoms. The molecule has 0 bridgehead atoms. The number of ether oxygens (including phenoxy) is 1. The predicted octanol–water partition coefficient (Wildman–Crippen LogP) is 2.40. The van der Waals surface area contributed by atoms with E-state index in [9.17, 15) is 13.2 Å². The Labute approximate surface area is 180 Å². The van der Waals surface area contributed by atoms with Gasteiger partial charge in [-0.3, -0.25) is 9.89 Å². The van der Waals surface area contributed by atoms with Gasteiger partial charge < -0.3 is 14.5 Å². The Bertz CT molecular complexity index is 1140. The van der Waals surface area contributed by atoms with E-state index in [4.69, 9.17) is 9.15 Å². The second-order valence-electron chi connectivity index (χ2n) is 7.36. The second kappa shape index (κ2) is 8.94. The van der Waals surface area contributed by atoms with Crippen molar-refractivity contribution >= 4 is 15.9 Å². The van der Waals surface area contributed by atoms with E-state index >= 15 is 0 Å². The topological polar surface area (TPSA) is 118 Å². The van der Waals surface area contributed by atoms with E-state index in [1.807, 2.05) is 24.3 Å². The van der Waals surface area contributed by atoms with Crippen LogP contribution in [0.4, 0.5) is 0 Å². The molecule has 1 saturated heterocycles. The van der Waals surface area contributed by atoms with E-state index < -0.39 is 15.9 Å². The van der Waals surface area contributed by atoms with Gasteiger partial charge in [0.1, 0.15) is 11.4 Å². The largest absolute Gasteiger partial charge is 0.497 e. The number of amides is 1. The van der Waals surface area contributed by atoms with Gasteiger partial charge >= 0.3 is 0 Å². The summed E-state index contributed by atoms with van der Waals surface area (Å²) in [7, 11) is -2.25. The molecule has 4 rings (SSSR count). The minimum absolute atomic E-state index is 0.117. The lowest BCUT2D eigenvalue weighted by Crippen LogP contribution is -2.45. The predicted molar refractivity (Wildman–Crippen MR) is 113 cm³/mol. The summed E-state index contributed by atoms with van der Waals surface area (Å²) in [6.07, 6.45) is 2.80. The minimum atomic E-state index is -3.84. The third-order valence-corrected chi connectivity index (χ3v) is 7.04. The van der Waals surface area contributed by atoms with E-state index in [-0.39, 0.29) is 17.5 Å².